The first-order valence-electron chi connectivity index (χ1n) is 7.01. The molecule has 0 bridgehead atoms. The number of amides is 2. The summed E-state index contributed by atoms with van der Waals surface area (Å²) in [6.07, 6.45) is 0.617. The number of anilines is 2. The van der Waals surface area contributed by atoms with Gasteiger partial charge in [-0.2, -0.15) is 0 Å². The van der Waals surface area contributed by atoms with E-state index in [1.807, 2.05) is 44.1 Å². The van der Waals surface area contributed by atoms with Crippen LogP contribution in [0.15, 0.2) is 41.0 Å². The van der Waals surface area contributed by atoms with E-state index in [1.165, 1.54) is 6.26 Å². The molecule has 2 rings (SSSR count). The van der Waals surface area contributed by atoms with Gasteiger partial charge in [0, 0.05) is 25.5 Å². The summed E-state index contributed by atoms with van der Waals surface area (Å²) in [4.78, 5) is 13.9. The number of aliphatic hydroxyl groups is 1. The van der Waals surface area contributed by atoms with Crippen LogP contribution in [0.3, 0.4) is 0 Å². The summed E-state index contributed by atoms with van der Waals surface area (Å²) < 4.78 is 5.07. The minimum Gasteiger partial charge on any atom is -0.467 e. The molecule has 3 N–H and O–H groups in total. The number of aryl methyl sites for hydroxylation is 1. The SMILES string of the molecule is Cc1cc(NC(=O)NCC(O)c2ccco2)ccc1N(C)C. The first kappa shape index (κ1) is 15.9. The van der Waals surface area contributed by atoms with E-state index in [0.29, 0.717) is 11.4 Å². The van der Waals surface area contributed by atoms with E-state index < -0.39 is 6.10 Å². The molecule has 2 amide bonds. The van der Waals surface area contributed by atoms with Crippen molar-refractivity contribution in [1.82, 2.24) is 5.32 Å². The van der Waals surface area contributed by atoms with Crippen LogP contribution < -0.4 is 15.5 Å². The number of carbonyl (C=O) groups excluding carboxylic acids is 1. The number of furan rings is 1. The molecule has 0 aliphatic carbocycles. The summed E-state index contributed by atoms with van der Waals surface area (Å²) in [6, 6.07) is 8.66. The third-order valence-electron chi connectivity index (χ3n) is 3.26. The van der Waals surface area contributed by atoms with Crippen LogP contribution >= 0.6 is 0 Å². The molecule has 1 heterocycles. The number of aliphatic hydroxyl groups excluding tert-OH is 1. The molecule has 1 aromatic carbocycles. The van der Waals surface area contributed by atoms with Crippen LogP contribution in [0.25, 0.3) is 0 Å². The molecule has 22 heavy (non-hydrogen) atoms. The average Bonchev–Trinajstić information content (AvgIpc) is 2.98. The molecule has 6 nitrogen and oxygen atoms in total. The van der Waals surface area contributed by atoms with Gasteiger partial charge in [-0.1, -0.05) is 0 Å². The molecule has 2 aromatic rings. The first-order chi connectivity index (χ1) is 10.5. The fourth-order valence-corrected chi connectivity index (χ4v) is 2.18. The fourth-order valence-electron chi connectivity index (χ4n) is 2.18. The van der Waals surface area contributed by atoms with Crippen molar-refractivity contribution >= 4 is 17.4 Å². The lowest BCUT2D eigenvalue weighted by atomic mass is 10.1. The minimum atomic E-state index is -0.862. The molecular weight excluding hydrogens is 282 g/mol. The molecular formula is C16H21N3O3. The topological polar surface area (TPSA) is 77.7 Å². The molecule has 0 saturated carbocycles. The number of urea groups is 1. The zero-order chi connectivity index (χ0) is 16.1. The van der Waals surface area contributed by atoms with Gasteiger partial charge in [0.1, 0.15) is 11.9 Å². The van der Waals surface area contributed by atoms with Crippen LogP contribution in [-0.4, -0.2) is 31.8 Å². The summed E-state index contributed by atoms with van der Waals surface area (Å²) in [5, 5.41) is 15.2. The van der Waals surface area contributed by atoms with Gasteiger partial charge in [-0.05, 0) is 42.8 Å². The Labute approximate surface area is 129 Å². The lowest BCUT2D eigenvalue weighted by molar-refractivity contribution is 0.149. The van der Waals surface area contributed by atoms with E-state index >= 15 is 0 Å². The maximum Gasteiger partial charge on any atom is 0.319 e. The summed E-state index contributed by atoms with van der Waals surface area (Å²) in [7, 11) is 3.94. The Kier molecular flexibility index (Phi) is 5.06. The van der Waals surface area contributed by atoms with Crippen LogP contribution in [0.1, 0.15) is 17.4 Å². The molecule has 0 radical (unpaired) electrons. The van der Waals surface area contributed by atoms with Crippen molar-refractivity contribution in [2.24, 2.45) is 0 Å². The van der Waals surface area contributed by atoms with Crippen LogP contribution in [0.5, 0.6) is 0 Å². The van der Waals surface area contributed by atoms with Gasteiger partial charge in [0.25, 0.3) is 0 Å². The molecule has 0 saturated heterocycles. The van der Waals surface area contributed by atoms with Crippen molar-refractivity contribution in [3.8, 4) is 0 Å². The quantitative estimate of drug-likeness (QED) is 0.793. The van der Waals surface area contributed by atoms with Crippen molar-refractivity contribution < 1.29 is 14.3 Å². The molecule has 6 heteroatoms. The highest BCUT2D eigenvalue weighted by Crippen LogP contribution is 2.21. The van der Waals surface area contributed by atoms with Gasteiger partial charge in [-0.25, -0.2) is 4.79 Å². The molecule has 0 fully saturated rings. The third-order valence-corrected chi connectivity index (χ3v) is 3.26. The number of nitrogens with zero attached hydrogens (tertiary/aromatic N) is 1. The highest BCUT2D eigenvalue weighted by Gasteiger charge is 2.12. The normalized spacial score (nSPS) is 11.8. The van der Waals surface area contributed by atoms with E-state index in [0.717, 1.165) is 11.3 Å². The zero-order valence-corrected chi connectivity index (χ0v) is 13.0. The lowest BCUT2D eigenvalue weighted by Gasteiger charge is -2.17. The number of hydrogen-bond acceptors (Lipinski definition) is 4. The first-order valence-corrected chi connectivity index (χ1v) is 7.01. The van der Waals surface area contributed by atoms with Gasteiger partial charge in [0.05, 0.1) is 12.8 Å². The predicted molar refractivity (Wildman–Crippen MR) is 86.2 cm³/mol. The van der Waals surface area contributed by atoms with E-state index in [9.17, 15) is 9.90 Å². The number of benzene rings is 1. The van der Waals surface area contributed by atoms with Gasteiger partial charge >= 0.3 is 6.03 Å². The smallest absolute Gasteiger partial charge is 0.319 e. The minimum absolute atomic E-state index is 0.0775. The highest BCUT2D eigenvalue weighted by atomic mass is 16.4. The summed E-state index contributed by atoms with van der Waals surface area (Å²) >= 11 is 0. The van der Waals surface area contributed by atoms with Gasteiger partial charge < -0.3 is 25.1 Å². The second-order valence-corrected chi connectivity index (χ2v) is 5.26. The molecule has 0 aliphatic heterocycles. The summed E-state index contributed by atoms with van der Waals surface area (Å²) in [5.41, 5.74) is 2.87. The van der Waals surface area contributed by atoms with Crippen LogP contribution in [0.2, 0.25) is 0 Å². The Balaban J connectivity index is 1.88. The van der Waals surface area contributed by atoms with E-state index in [1.54, 1.807) is 12.1 Å². The standard InChI is InChI=1S/C16H21N3O3/c1-11-9-12(6-7-13(11)19(2)3)18-16(21)17-10-14(20)15-5-4-8-22-15/h4-9,14,20H,10H2,1-3H3,(H2,17,18,21). The van der Waals surface area contributed by atoms with Crippen molar-refractivity contribution in [3.63, 3.8) is 0 Å². The van der Waals surface area contributed by atoms with Gasteiger partial charge in [-0.15, -0.1) is 0 Å². The van der Waals surface area contributed by atoms with Crippen molar-refractivity contribution in [2.75, 3.05) is 30.9 Å². The predicted octanol–water partition coefficient (Wildman–Crippen LogP) is 2.51. The van der Waals surface area contributed by atoms with Crippen LogP contribution in [0, 0.1) is 6.92 Å². The molecule has 1 aromatic heterocycles. The average molecular weight is 303 g/mol. The van der Waals surface area contributed by atoms with Gasteiger partial charge in [0.2, 0.25) is 0 Å². The maximum absolute atomic E-state index is 11.8. The van der Waals surface area contributed by atoms with Crippen LogP contribution in [0.4, 0.5) is 16.2 Å². The van der Waals surface area contributed by atoms with Crippen molar-refractivity contribution in [3.05, 3.63) is 47.9 Å². The van der Waals surface area contributed by atoms with E-state index in [4.69, 9.17) is 4.42 Å². The Hall–Kier alpha value is -2.47. The van der Waals surface area contributed by atoms with E-state index in [-0.39, 0.29) is 12.6 Å². The van der Waals surface area contributed by atoms with Crippen molar-refractivity contribution in [1.29, 1.82) is 0 Å². The van der Waals surface area contributed by atoms with Gasteiger partial charge in [0.15, 0.2) is 0 Å². The lowest BCUT2D eigenvalue weighted by Crippen LogP contribution is -2.32. The Bertz CT molecular complexity index is 624. The zero-order valence-electron chi connectivity index (χ0n) is 13.0. The number of nitrogens with one attached hydrogen (secondary N) is 2. The second kappa shape index (κ2) is 7.00. The Morgan fingerprint density at radius 3 is 2.73 bits per heavy atom. The van der Waals surface area contributed by atoms with Crippen molar-refractivity contribution in [2.45, 2.75) is 13.0 Å². The molecule has 0 aliphatic rings. The number of carbonyl (C=O) groups is 1. The third kappa shape index (κ3) is 4.02. The number of hydrogen-bond donors (Lipinski definition) is 3. The molecule has 1 atom stereocenters. The fraction of sp³-hybridized carbons (Fsp3) is 0.312. The largest absolute Gasteiger partial charge is 0.467 e. The van der Waals surface area contributed by atoms with E-state index in [2.05, 4.69) is 10.6 Å². The number of rotatable bonds is 5. The molecule has 0 spiro atoms. The Morgan fingerprint density at radius 2 is 2.14 bits per heavy atom. The summed E-state index contributed by atoms with van der Waals surface area (Å²) in [5.74, 6) is 0.423. The molecule has 118 valence electrons. The van der Waals surface area contributed by atoms with Gasteiger partial charge in [-0.3, -0.25) is 0 Å². The molecule has 1 unspecified atom stereocenters. The maximum atomic E-state index is 11.8. The monoisotopic (exact) mass is 303 g/mol. The highest BCUT2D eigenvalue weighted by molar-refractivity contribution is 5.89. The summed E-state index contributed by atoms with van der Waals surface area (Å²) in [6.45, 7) is 2.06. The van der Waals surface area contributed by atoms with Crippen LogP contribution in [-0.2, 0) is 0 Å². The Morgan fingerprint density at radius 1 is 1.36 bits per heavy atom. The second-order valence-electron chi connectivity index (χ2n) is 5.26.